The van der Waals surface area contributed by atoms with Gasteiger partial charge < -0.3 is 4.74 Å². The van der Waals surface area contributed by atoms with Crippen LogP contribution in [0.3, 0.4) is 0 Å². The molecule has 0 amide bonds. The topological polar surface area (TPSA) is 26.3 Å². The Kier molecular flexibility index (Phi) is 7.81. The standard InChI is InChI=1S/C44H57FO2/c1-28(2)32-18-23-44(39(46)47-27-30-12-10-9-11-13-30)25-24-42(7)34(38(32)44)16-17-37-41(6)21-19-33(31-15-14-29(3)35(45)26-31)40(4,5)36(41)20-22-43(37,42)8/h9-15,19,26,32,34,36-38H,1,16-18,20-25,27H2,2-8H3/t32-,34+,36-,37+,38+,41-,42+,43+,44-/m0/s1. The van der Waals surface area contributed by atoms with Crippen molar-refractivity contribution in [2.75, 3.05) is 0 Å². The first kappa shape index (κ1) is 32.8. The van der Waals surface area contributed by atoms with Gasteiger partial charge in [-0.2, -0.15) is 0 Å². The maximum Gasteiger partial charge on any atom is 0.312 e. The summed E-state index contributed by atoms with van der Waals surface area (Å²) in [4.78, 5) is 14.3. The molecule has 4 fully saturated rings. The van der Waals surface area contributed by atoms with Gasteiger partial charge in [-0.25, -0.2) is 4.39 Å². The molecule has 3 heteroatoms. The van der Waals surface area contributed by atoms with E-state index in [2.05, 4.69) is 72.4 Å². The second-order valence-corrected chi connectivity index (χ2v) is 17.9. The molecular formula is C44H57FO2. The molecule has 0 N–H and O–H groups in total. The fourth-order valence-corrected chi connectivity index (χ4v) is 13.2. The fourth-order valence-electron chi connectivity index (χ4n) is 13.2. The zero-order chi connectivity index (χ0) is 33.6. The zero-order valence-corrected chi connectivity index (χ0v) is 30.1. The number of allylic oxidation sites excluding steroid dienone is 3. The van der Waals surface area contributed by atoms with Gasteiger partial charge in [-0.15, -0.1) is 0 Å². The van der Waals surface area contributed by atoms with Crippen molar-refractivity contribution in [3.05, 3.63) is 89.3 Å². The van der Waals surface area contributed by atoms with Crippen LogP contribution in [0.25, 0.3) is 5.57 Å². The quantitative estimate of drug-likeness (QED) is 0.241. The summed E-state index contributed by atoms with van der Waals surface area (Å²) in [5.41, 5.74) is 5.50. The summed E-state index contributed by atoms with van der Waals surface area (Å²) < 4.78 is 21.0. The van der Waals surface area contributed by atoms with Crippen molar-refractivity contribution in [1.29, 1.82) is 0 Å². The summed E-state index contributed by atoms with van der Waals surface area (Å²) in [5.74, 6) is 2.27. The van der Waals surface area contributed by atoms with Gasteiger partial charge in [0.15, 0.2) is 0 Å². The summed E-state index contributed by atoms with van der Waals surface area (Å²) in [6, 6.07) is 16.0. The number of esters is 1. The Morgan fingerprint density at radius 2 is 1.64 bits per heavy atom. The Hall–Kier alpha value is -2.68. The van der Waals surface area contributed by atoms with Gasteiger partial charge in [0.05, 0.1) is 5.41 Å². The van der Waals surface area contributed by atoms with E-state index in [1.807, 2.05) is 31.2 Å². The monoisotopic (exact) mass is 636 g/mol. The second-order valence-electron chi connectivity index (χ2n) is 17.9. The summed E-state index contributed by atoms with van der Waals surface area (Å²) in [6.07, 6.45) is 12.4. The van der Waals surface area contributed by atoms with E-state index in [0.717, 1.165) is 43.2 Å². The first-order chi connectivity index (χ1) is 22.2. The first-order valence-corrected chi connectivity index (χ1v) is 18.5. The van der Waals surface area contributed by atoms with Gasteiger partial charge in [0, 0.05) is 0 Å². The normalized spacial score (nSPS) is 40.3. The molecule has 252 valence electrons. The van der Waals surface area contributed by atoms with Crippen molar-refractivity contribution in [2.45, 2.75) is 113 Å². The summed E-state index contributed by atoms with van der Waals surface area (Å²) in [5, 5.41) is 0. The molecule has 0 spiro atoms. The van der Waals surface area contributed by atoms with Crippen LogP contribution in [0.15, 0.2) is 66.8 Å². The van der Waals surface area contributed by atoms with E-state index in [4.69, 9.17) is 4.74 Å². The number of fused-ring (bicyclic) bond motifs is 7. The van der Waals surface area contributed by atoms with E-state index in [-0.39, 0.29) is 33.4 Å². The van der Waals surface area contributed by atoms with Gasteiger partial charge in [-0.1, -0.05) is 95.3 Å². The van der Waals surface area contributed by atoms with Crippen LogP contribution >= 0.6 is 0 Å². The number of benzene rings is 2. The lowest BCUT2D eigenvalue weighted by molar-refractivity contribution is -0.229. The summed E-state index contributed by atoms with van der Waals surface area (Å²) >= 11 is 0. The lowest BCUT2D eigenvalue weighted by Crippen LogP contribution is -2.66. The van der Waals surface area contributed by atoms with E-state index >= 15 is 0 Å². The zero-order valence-electron chi connectivity index (χ0n) is 30.1. The SMILES string of the molecule is C=C(C)[C@@H]1CC[C@]2(C(=O)OCc3ccccc3)CC[C@]3(C)[C@H](CC[C@@H]4[C@@]5(C)CC=C(c6ccc(C)c(F)c6)C(C)(C)[C@@H]5CC[C@]43C)[C@@H]12. The molecule has 0 bridgehead atoms. The average molecular weight is 637 g/mol. The molecule has 5 aliphatic rings. The third-order valence-corrected chi connectivity index (χ3v) is 15.7. The van der Waals surface area contributed by atoms with E-state index < -0.39 is 5.41 Å². The molecule has 2 aromatic carbocycles. The minimum absolute atomic E-state index is 0.0332. The minimum Gasteiger partial charge on any atom is -0.460 e. The maximum absolute atomic E-state index is 14.8. The van der Waals surface area contributed by atoms with Gasteiger partial charge in [0.1, 0.15) is 12.4 Å². The number of carbonyl (C=O) groups excluding carboxylic acids is 1. The molecule has 5 aliphatic carbocycles. The van der Waals surface area contributed by atoms with E-state index in [0.29, 0.717) is 41.8 Å². The number of carbonyl (C=O) groups is 1. The van der Waals surface area contributed by atoms with Crippen molar-refractivity contribution < 1.29 is 13.9 Å². The minimum atomic E-state index is -0.402. The number of aryl methyl sites for hydroxylation is 1. The van der Waals surface area contributed by atoms with Crippen molar-refractivity contribution in [1.82, 2.24) is 0 Å². The molecule has 0 saturated heterocycles. The fraction of sp³-hybridized carbons (Fsp3) is 0.614. The van der Waals surface area contributed by atoms with Crippen LogP contribution in [0.2, 0.25) is 0 Å². The Morgan fingerprint density at radius 3 is 2.34 bits per heavy atom. The molecular weight excluding hydrogens is 579 g/mol. The third kappa shape index (κ3) is 4.64. The van der Waals surface area contributed by atoms with Gasteiger partial charge in [-0.3, -0.25) is 4.79 Å². The number of ether oxygens (including phenoxy) is 1. The molecule has 0 aromatic heterocycles. The molecule has 0 radical (unpaired) electrons. The van der Waals surface area contributed by atoms with Crippen molar-refractivity contribution >= 4 is 11.5 Å². The van der Waals surface area contributed by atoms with Crippen LogP contribution < -0.4 is 0 Å². The Labute approximate surface area is 283 Å². The molecule has 9 atom stereocenters. The van der Waals surface area contributed by atoms with E-state index in [1.54, 1.807) is 6.07 Å². The van der Waals surface area contributed by atoms with Gasteiger partial charge >= 0.3 is 5.97 Å². The van der Waals surface area contributed by atoms with Gasteiger partial charge in [-0.05, 0) is 151 Å². The second kappa shape index (κ2) is 11.2. The molecule has 47 heavy (non-hydrogen) atoms. The van der Waals surface area contributed by atoms with Gasteiger partial charge in [0.2, 0.25) is 0 Å². The Bertz CT molecular complexity index is 1600. The van der Waals surface area contributed by atoms with Crippen LogP contribution in [0.1, 0.15) is 116 Å². The Morgan fingerprint density at radius 1 is 0.894 bits per heavy atom. The third-order valence-electron chi connectivity index (χ3n) is 15.7. The maximum atomic E-state index is 14.8. The molecule has 4 saturated carbocycles. The number of hydrogen-bond donors (Lipinski definition) is 0. The largest absolute Gasteiger partial charge is 0.460 e. The molecule has 0 heterocycles. The smallest absolute Gasteiger partial charge is 0.312 e. The molecule has 0 aliphatic heterocycles. The highest BCUT2D eigenvalue weighted by Crippen LogP contribution is 2.77. The van der Waals surface area contributed by atoms with Gasteiger partial charge in [0.25, 0.3) is 0 Å². The van der Waals surface area contributed by atoms with E-state index in [1.165, 1.54) is 36.8 Å². The molecule has 2 nitrogen and oxygen atoms in total. The van der Waals surface area contributed by atoms with Crippen molar-refractivity contribution in [3.8, 4) is 0 Å². The van der Waals surface area contributed by atoms with Crippen molar-refractivity contribution in [2.24, 2.45) is 56.7 Å². The van der Waals surface area contributed by atoms with E-state index in [9.17, 15) is 9.18 Å². The lowest BCUT2D eigenvalue weighted by atomic mass is 9.32. The molecule has 2 aromatic rings. The number of halogens is 1. The van der Waals surface area contributed by atoms with Crippen LogP contribution in [0, 0.1) is 69.4 Å². The van der Waals surface area contributed by atoms with Crippen molar-refractivity contribution in [3.63, 3.8) is 0 Å². The number of rotatable bonds is 5. The molecule has 7 rings (SSSR count). The summed E-state index contributed by atoms with van der Waals surface area (Å²) in [7, 11) is 0. The predicted molar refractivity (Wildman–Crippen MR) is 190 cm³/mol. The highest BCUT2D eigenvalue weighted by atomic mass is 19.1. The number of hydrogen-bond acceptors (Lipinski definition) is 2. The lowest BCUT2D eigenvalue weighted by Gasteiger charge is -2.72. The van der Waals surface area contributed by atoms with Crippen LogP contribution in [-0.2, 0) is 16.1 Å². The Balaban J connectivity index is 1.21. The molecule has 0 unspecified atom stereocenters. The predicted octanol–water partition coefficient (Wildman–Crippen LogP) is 11.5. The first-order valence-electron chi connectivity index (χ1n) is 18.5. The van der Waals surface area contributed by atoms with Crippen LogP contribution in [-0.4, -0.2) is 5.97 Å². The highest BCUT2D eigenvalue weighted by Gasteiger charge is 2.71. The van der Waals surface area contributed by atoms with Crippen LogP contribution in [0.5, 0.6) is 0 Å². The summed E-state index contributed by atoms with van der Waals surface area (Å²) in [6.45, 7) is 21.7. The highest BCUT2D eigenvalue weighted by molar-refractivity contribution is 5.78. The van der Waals surface area contributed by atoms with Crippen LogP contribution in [0.4, 0.5) is 4.39 Å². The average Bonchev–Trinajstić information content (AvgIpc) is 3.43.